The fraction of sp³-hybridized carbons (Fsp3) is 0.565. The van der Waals surface area contributed by atoms with Gasteiger partial charge < -0.3 is 0 Å². The Hall–Kier alpha value is -2.38. The second-order valence-corrected chi connectivity index (χ2v) is 18.8. The first kappa shape index (κ1) is 27.7. The number of carbonyl (C=O) groups excluding carboxylic acids is 4. The maximum absolute atomic E-state index is 12.7. The van der Waals surface area contributed by atoms with E-state index in [4.69, 9.17) is 14.2 Å². The van der Waals surface area contributed by atoms with Crippen molar-refractivity contribution in [3.63, 3.8) is 0 Å². The van der Waals surface area contributed by atoms with E-state index in [-0.39, 0.29) is 13.2 Å². The van der Waals surface area contributed by atoms with Crippen molar-refractivity contribution < 1.29 is 33.4 Å². The monoisotopic (exact) mass is 517 g/mol. The number of benzene rings is 1. The summed E-state index contributed by atoms with van der Waals surface area (Å²) in [5, 5.41) is 3.17. The molecule has 0 unspecified atom stereocenters. The van der Waals surface area contributed by atoms with Crippen LogP contribution in [0.25, 0.3) is 0 Å². The molecular weight excluding hydrogens is 481 g/mol. The van der Waals surface area contributed by atoms with E-state index in [1.165, 1.54) is 0 Å². The normalized spacial score (nSPS) is 12.9. The predicted molar refractivity (Wildman–Crippen MR) is 123 cm³/mol. The predicted octanol–water partition coefficient (Wildman–Crippen LogP) is 3.85. The van der Waals surface area contributed by atoms with Crippen LogP contribution in [0.4, 0.5) is 4.79 Å². The molecule has 0 fully saturated rings. The summed E-state index contributed by atoms with van der Waals surface area (Å²) in [5.41, 5.74) is -0.00265. The van der Waals surface area contributed by atoms with Crippen LogP contribution < -0.4 is 5.32 Å². The first-order valence-corrected chi connectivity index (χ1v) is 16.6. The third-order valence-corrected chi connectivity index (χ3v) is 6.89. The molecule has 8 nitrogen and oxygen atoms in total. The molecule has 0 heterocycles. The van der Waals surface area contributed by atoms with Gasteiger partial charge in [0, 0.05) is 0 Å². The zero-order chi connectivity index (χ0) is 24.4. The zero-order valence-corrected chi connectivity index (χ0v) is 21.5. The molecule has 1 N–H and O–H groups in total. The van der Waals surface area contributed by atoms with Gasteiger partial charge in [-0.1, -0.05) is 30.3 Å². The Morgan fingerprint density at radius 2 is 1.59 bits per heavy atom. The number of alkyl carbamates (subject to hydrolysis) is 1. The molecule has 1 aromatic carbocycles. The van der Waals surface area contributed by atoms with Gasteiger partial charge in [0.1, 0.15) is 0 Å². The van der Waals surface area contributed by atoms with Crippen LogP contribution in [0.5, 0.6) is 0 Å². The van der Waals surface area contributed by atoms with Gasteiger partial charge in [-0.15, -0.1) is 0 Å². The SMILES string of the molecule is CC(C)(C)OC(=O)N[C@@H](CC(=O)OCc1ccccc1)C(=O)CC(=O)OCC[Se](C)(C)C. The Bertz CT molecular complexity index is 782. The van der Waals surface area contributed by atoms with Crippen molar-refractivity contribution in [1.29, 1.82) is 0 Å². The van der Waals surface area contributed by atoms with Gasteiger partial charge in [-0.3, -0.25) is 0 Å². The van der Waals surface area contributed by atoms with Crippen LogP contribution in [-0.4, -0.2) is 54.9 Å². The van der Waals surface area contributed by atoms with Crippen molar-refractivity contribution in [1.82, 2.24) is 5.32 Å². The van der Waals surface area contributed by atoms with E-state index in [1.807, 2.05) is 18.2 Å². The van der Waals surface area contributed by atoms with E-state index >= 15 is 0 Å². The standard InChI is InChI=1S/C23H35NO7Se/c1-23(2,3)31-22(28)24-18(14-20(26)30-16-17-10-8-7-9-11-17)19(25)15-21(27)29-12-13-32(4,5)6/h7-11,18H,12-16H2,1-6H3,(H,24,28)/t18-/m0/s1. The molecule has 32 heavy (non-hydrogen) atoms. The molecule has 0 saturated carbocycles. The minimum absolute atomic E-state index is 0.0340. The molecule has 0 aromatic heterocycles. The molecular formula is C23H35NO7Se. The van der Waals surface area contributed by atoms with E-state index in [2.05, 4.69) is 22.8 Å². The van der Waals surface area contributed by atoms with Crippen LogP contribution in [0.2, 0.25) is 22.8 Å². The summed E-state index contributed by atoms with van der Waals surface area (Å²) in [6.45, 7) is 5.31. The van der Waals surface area contributed by atoms with Crippen LogP contribution in [0.1, 0.15) is 39.2 Å². The first-order chi connectivity index (χ1) is 14.7. The van der Waals surface area contributed by atoms with Gasteiger partial charge >= 0.3 is 162 Å². The van der Waals surface area contributed by atoms with E-state index in [1.54, 1.807) is 32.9 Å². The summed E-state index contributed by atoms with van der Waals surface area (Å²) in [7, 11) is 0. The summed E-state index contributed by atoms with van der Waals surface area (Å²) in [5.74, 6) is 4.47. The average Bonchev–Trinajstić information content (AvgIpc) is 2.64. The maximum atomic E-state index is 12.7. The first-order valence-electron chi connectivity index (χ1n) is 10.3. The Morgan fingerprint density at radius 1 is 0.969 bits per heavy atom. The summed E-state index contributed by atoms with van der Waals surface area (Å²) in [6.07, 6.45) is -1.84. The van der Waals surface area contributed by atoms with Gasteiger partial charge in [0.2, 0.25) is 0 Å². The van der Waals surface area contributed by atoms with Crippen molar-refractivity contribution in [2.75, 3.05) is 6.61 Å². The summed E-state index contributed by atoms with van der Waals surface area (Å²) in [4.78, 5) is 49.2. The number of ketones is 1. The zero-order valence-electron chi connectivity index (χ0n) is 19.8. The van der Waals surface area contributed by atoms with Gasteiger partial charge in [-0.25, -0.2) is 0 Å². The second-order valence-electron chi connectivity index (χ2n) is 9.21. The van der Waals surface area contributed by atoms with Gasteiger partial charge in [-0.05, 0) is 0 Å². The molecule has 1 rings (SSSR count). The number of carbonyl (C=O) groups is 4. The van der Waals surface area contributed by atoms with Crippen molar-refractivity contribution in [3.8, 4) is 0 Å². The number of ether oxygens (including phenoxy) is 3. The third-order valence-electron chi connectivity index (χ3n) is 3.97. The van der Waals surface area contributed by atoms with E-state index in [0.717, 1.165) is 10.9 Å². The number of hydrogen-bond donors (Lipinski definition) is 1. The quantitative estimate of drug-likeness (QED) is 0.206. The number of Topliss-reactive ketones (excluding diaryl/α,β-unsaturated/α-hetero) is 1. The molecule has 1 atom stereocenters. The Labute approximate surface area is 192 Å². The molecule has 1 amide bonds. The van der Waals surface area contributed by atoms with E-state index in [0.29, 0.717) is 0 Å². The summed E-state index contributed by atoms with van der Waals surface area (Å²) in [6, 6.07) is 7.80. The van der Waals surface area contributed by atoms with Gasteiger partial charge in [-0.2, -0.15) is 0 Å². The molecule has 180 valence electrons. The Balaban J connectivity index is 2.71. The van der Waals surface area contributed by atoms with Crippen molar-refractivity contribution >= 4 is 36.7 Å². The molecule has 0 bridgehead atoms. The topological polar surface area (TPSA) is 108 Å². The van der Waals surface area contributed by atoms with Crippen molar-refractivity contribution in [3.05, 3.63) is 35.9 Å². The van der Waals surface area contributed by atoms with Crippen LogP contribution in [-0.2, 0) is 35.2 Å². The number of rotatable bonds is 11. The fourth-order valence-corrected chi connectivity index (χ4v) is 3.60. The van der Waals surface area contributed by atoms with Crippen molar-refractivity contribution in [2.45, 2.75) is 74.6 Å². The molecule has 0 aliphatic heterocycles. The number of nitrogens with one attached hydrogen (secondary N) is 1. The Kier molecular flexibility index (Phi) is 10.9. The average molecular weight is 516 g/mol. The van der Waals surface area contributed by atoms with Gasteiger partial charge in [0.15, 0.2) is 0 Å². The van der Waals surface area contributed by atoms with E-state index in [9.17, 15) is 19.2 Å². The van der Waals surface area contributed by atoms with Gasteiger partial charge in [0.25, 0.3) is 0 Å². The number of esters is 2. The van der Waals surface area contributed by atoms with Crippen LogP contribution in [0, 0.1) is 0 Å². The second kappa shape index (κ2) is 12.6. The molecule has 0 spiro atoms. The molecule has 1 aromatic rings. The van der Waals surface area contributed by atoms with E-state index < -0.39 is 61.1 Å². The fourth-order valence-electron chi connectivity index (χ4n) is 2.38. The molecule has 0 aliphatic rings. The van der Waals surface area contributed by atoms with Crippen LogP contribution >= 0.6 is 0 Å². The molecule has 9 heteroatoms. The molecule has 0 radical (unpaired) electrons. The molecule has 0 saturated heterocycles. The Morgan fingerprint density at radius 3 is 2.16 bits per heavy atom. The summed E-state index contributed by atoms with van der Waals surface area (Å²) >= 11 is -1.56. The number of hydrogen-bond acceptors (Lipinski definition) is 7. The van der Waals surface area contributed by atoms with Crippen molar-refractivity contribution in [2.24, 2.45) is 0 Å². The van der Waals surface area contributed by atoms with Crippen LogP contribution in [0.15, 0.2) is 30.3 Å². The minimum atomic E-state index is -1.56. The third kappa shape index (κ3) is 13.1. The molecule has 0 aliphatic carbocycles. The number of amides is 1. The van der Waals surface area contributed by atoms with Crippen LogP contribution in [0.3, 0.4) is 0 Å². The summed E-state index contributed by atoms with van der Waals surface area (Å²) < 4.78 is 15.5. The van der Waals surface area contributed by atoms with Gasteiger partial charge in [0.05, 0.1) is 0 Å².